The molecule has 0 fully saturated rings. The molecule has 0 saturated carbocycles. The molecule has 0 aliphatic rings. The molecule has 1 nitrogen and oxygen atoms in total. The molecule has 2 heteroatoms. The molecule has 0 aliphatic heterocycles. The second kappa shape index (κ2) is 4.01. The highest BCUT2D eigenvalue weighted by atomic mass is 15.0. The summed E-state index contributed by atoms with van der Waals surface area (Å²) in [4.78, 5) is 1.67. The van der Waals surface area contributed by atoms with Crippen LogP contribution in [0.4, 0.5) is 11.4 Å². The van der Waals surface area contributed by atoms with Gasteiger partial charge >= 0.3 is 0 Å². The minimum absolute atomic E-state index is 0.985. The van der Waals surface area contributed by atoms with Gasteiger partial charge in [0.25, 0.3) is 0 Å². The van der Waals surface area contributed by atoms with Crippen LogP contribution in [0.3, 0.4) is 0 Å². The molecule has 0 heterocycles. The fourth-order valence-corrected chi connectivity index (χ4v) is 1.33. The zero-order valence-electron chi connectivity index (χ0n) is 7.80. The zero-order chi connectivity index (χ0) is 9.80. The van der Waals surface area contributed by atoms with Crippen LogP contribution < -0.4 is 4.81 Å². The Hall–Kier alpha value is -1.70. The smallest absolute Gasteiger partial charge is 0.234 e. The summed E-state index contributed by atoms with van der Waals surface area (Å²) in [6, 6.07) is 19.7. The first-order valence-corrected chi connectivity index (χ1v) is 4.53. The van der Waals surface area contributed by atoms with Crippen LogP contribution in [-0.4, -0.2) is 7.98 Å². The lowest BCUT2D eigenvalue weighted by atomic mass is 10.1. The van der Waals surface area contributed by atoms with Crippen molar-refractivity contribution in [2.24, 2.45) is 0 Å². The summed E-state index contributed by atoms with van der Waals surface area (Å²) in [5, 5.41) is 0. The standard InChI is InChI=1S/C12H10BN/c13-14(11-7-3-1-4-8-11)12-9-5-2-6-10-12/h1-10H. The van der Waals surface area contributed by atoms with Crippen LogP contribution in [0, 0.1) is 0 Å². The van der Waals surface area contributed by atoms with E-state index >= 15 is 0 Å². The Morgan fingerprint density at radius 2 is 1.00 bits per heavy atom. The van der Waals surface area contributed by atoms with Crippen molar-refractivity contribution in [3.8, 4) is 0 Å². The van der Waals surface area contributed by atoms with Gasteiger partial charge in [0.15, 0.2) is 0 Å². The quantitative estimate of drug-likeness (QED) is 0.640. The van der Waals surface area contributed by atoms with Crippen molar-refractivity contribution < 1.29 is 0 Å². The maximum atomic E-state index is 5.95. The van der Waals surface area contributed by atoms with Gasteiger partial charge in [0.05, 0.1) is 0 Å². The normalized spacial score (nSPS) is 9.71. The third kappa shape index (κ3) is 1.79. The van der Waals surface area contributed by atoms with Crippen molar-refractivity contribution in [2.45, 2.75) is 0 Å². The Kier molecular flexibility index (Phi) is 2.54. The lowest BCUT2D eigenvalue weighted by Crippen LogP contribution is -2.10. The Morgan fingerprint density at radius 3 is 1.36 bits per heavy atom. The average Bonchev–Trinajstić information content (AvgIpc) is 2.30. The Balaban J connectivity index is 2.30. The third-order valence-electron chi connectivity index (χ3n) is 2.07. The van der Waals surface area contributed by atoms with Gasteiger partial charge in [0.2, 0.25) is 7.98 Å². The predicted octanol–water partition coefficient (Wildman–Crippen LogP) is 2.91. The topological polar surface area (TPSA) is 3.24 Å². The van der Waals surface area contributed by atoms with Gasteiger partial charge in [-0.2, -0.15) is 0 Å². The van der Waals surface area contributed by atoms with Crippen molar-refractivity contribution in [1.29, 1.82) is 0 Å². The monoisotopic (exact) mass is 179 g/mol. The summed E-state index contributed by atoms with van der Waals surface area (Å²) in [5.41, 5.74) is 1.97. The summed E-state index contributed by atoms with van der Waals surface area (Å²) < 4.78 is 0. The van der Waals surface area contributed by atoms with Gasteiger partial charge in [0, 0.05) is 11.4 Å². The lowest BCUT2D eigenvalue weighted by Gasteiger charge is -2.19. The maximum Gasteiger partial charge on any atom is 0.234 e. The average molecular weight is 179 g/mol. The lowest BCUT2D eigenvalue weighted by molar-refractivity contribution is 1.41. The third-order valence-corrected chi connectivity index (χ3v) is 2.07. The molecule has 0 bridgehead atoms. The van der Waals surface area contributed by atoms with Gasteiger partial charge in [-0.3, -0.25) is 0 Å². The van der Waals surface area contributed by atoms with Gasteiger partial charge in [-0.1, -0.05) is 36.4 Å². The van der Waals surface area contributed by atoms with Crippen LogP contribution in [0.5, 0.6) is 0 Å². The van der Waals surface area contributed by atoms with E-state index in [1.807, 2.05) is 60.7 Å². The van der Waals surface area contributed by atoms with Crippen LogP contribution in [0.1, 0.15) is 0 Å². The number of anilines is 2. The van der Waals surface area contributed by atoms with Crippen LogP contribution >= 0.6 is 0 Å². The van der Waals surface area contributed by atoms with Crippen molar-refractivity contribution >= 4 is 19.4 Å². The molecule has 0 amide bonds. The van der Waals surface area contributed by atoms with E-state index in [4.69, 9.17) is 7.98 Å². The van der Waals surface area contributed by atoms with Gasteiger partial charge in [-0.05, 0) is 24.3 Å². The number of hydrogen-bond donors (Lipinski definition) is 0. The fraction of sp³-hybridized carbons (Fsp3) is 0. The summed E-state index contributed by atoms with van der Waals surface area (Å²) in [5.74, 6) is 0. The minimum Gasteiger partial charge on any atom is -0.398 e. The maximum absolute atomic E-state index is 5.95. The first-order valence-electron chi connectivity index (χ1n) is 4.53. The summed E-state index contributed by atoms with van der Waals surface area (Å²) in [6.45, 7) is 0. The summed E-state index contributed by atoms with van der Waals surface area (Å²) in [7, 11) is 5.95. The zero-order valence-corrected chi connectivity index (χ0v) is 7.80. The van der Waals surface area contributed by atoms with E-state index in [0.29, 0.717) is 0 Å². The molecule has 2 aromatic rings. The molecule has 0 aliphatic carbocycles. The van der Waals surface area contributed by atoms with Crippen LogP contribution in [0.2, 0.25) is 0 Å². The highest BCUT2D eigenvalue weighted by molar-refractivity contribution is 6.22. The fourth-order valence-electron chi connectivity index (χ4n) is 1.33. The van der Waals surface area contributed by atoms with Crippen molar-refractivity contribution in [3.63, 3.8) is 0 Å². The van der Waals surface area contributed by atoms with Gasteiger partial charge in [0.1, 0.15) is 0 Å². The van der Waals surface area contributed by atoms with Crippen LogP contribution in [0.25, 0.3) is 0 Å². The van der Waals surface area contributed by atoms with E-state index in [0.717, 1.165) is 11.4 Å². The molecule has 2 radical (unpaired) electrons. The highest BCUT2D eigenvalue weighted by Crippen LogP contribution is 2.21. The molecular formula is C12H10BN. The molecule has 2 aromatic carbocycles. The number of rotatable bonds is 2. The SMILES string of the molecule is [B]N(c1ccccc1)c1ccccc1. The van der Waals surface area contributed by atoms with Gasteiger partial charge in [-0.25, -0.2) is 0 Å². The van der Waals surface area contributed by atoms with Crippen LogP contribution in [-0.2, 0) is 0 Å². The first-order chi connectivity index (χ1) is 6.88. The molecule has 0 atom stereocenters. The second-order valence-corrected chi connectivity index (χ2v) is 3.04. The number of benzene rings is 2. The number of nitrogens with zero attached hydrogens (tertiary/aromatic N) is 1. The first kappa shape index (κ1) is 8.88. The molecule has 0 aromatic heterocycles. The summed E-state index contributed by atoms with van der Waals surface area (Å²) in [6.07, 6.45) is 0. The molecule has 2 rings (SSSR count). The second-order valence-electron chi connectivity index (χ2n) is 3.04. The largest absolute Gasteiger partial charge is 0.398 e. The molecule has 66 valence electrons. The summed E-state index contributed by atoms with van der Waals surface area (Å²) >= 11 is 0. The van der Waals surface area contributed by atoms with Crippen molar-refractivity contribution in [1.82, 2.24) is 0 Å². The van der Waals surface area contributed by atoms with Crippen LogP contribution in [0.15, 0.2) is 60.7 Å². The van der Waals surface area contributed by atoms with Crippen molar-refractivity contribution in [2.75, 3.05) is 4.81 Å². The molecule has 0 saturated heterocycles. The molecule has 0 unspecified atom stereocenters. The molecular weight excluding hydrogens is 169 g/mol. The van der Waals surface area contributed by atoms with E-state index < -0.39 is 0 Å². The van der Waals surface area contributed by atoms with Gasteiger partial charge < -0.3 is 4.81 Å². The van der Waals surface area contributed by atoms with E-state index in [1.54, 1.807) is 4.81 Å². The van der Waals surface area contributed by atoms with E-state index in [2.05, 4.69) is 0 Å². The minimum atomic E-state index is 0.985. The van der Waals surface area contributed by atoms with Gasteiger partial charge in [-0.15, -0.1) is 0 Å². The Morgan fingerprint density at radius 1 is 0.643 bits per heavy atom. The molecule has 0 spiro atoms. The molecule has 14 heavy (non-hydrogen) atoms. The molecule has 0 N–H and O–H groups in total. The Labute approximate surface area is 85.4 Å². The van der Waals surface area contributed by atoms with E-state index in [1.165, 1.54) is 0 Å². The number of hydrogen-bond acceptors (Lipinski definition) is 1. The van der Waals surface area contributed by atoms with E-state index in [-0.39, 0.29) is 0 Å². The Bertz CT molecular complexity index is 346. The number of para-hydroxylation sites is 2. The predicted molar refractivity (Wildman–Crippen MR) is 60.8 cm³/mol. The van der Waals surface area contributed by atoms with Crippen molar-refractivity contribution in [3.05, 3.63) is 60.7 Å². The highest BCUT2D eigenvalue weighted by Gasteiger charge is 2.00. The van der Waals surface area contributed by atoms with E-state index in [9.17, 15) is 0 Å².